The van der Waals surface area contributed by atoms with Gasteiger partial charge in [0, 0.05) is 22.3 Å². The highest BCUT2D eigenvalue weighted by Crippen LogP contribution is 2.25. The molecule has 0 bridgehead atoms. The van der Waals surface area contributed by atoms with Crippen LogP contribution in [0, 0.1) is 0 Å². The number of aromatic nitrogens is 1. The minimum Gasteiger partial charge on any atom is -0.478 e. The summed E-state index contributed by atoms with van der Waals surface area (Å²) in [6, 6.07) is 15.6. The lowest BCUT2D eigenvalue weighted by atomic mass is 10.1. The number of hydrogen-bond acceptors (Lipinski definition) is 4. The fourth-order valence-corrected chi connectivity index (χ4v) is 3.22. The summed E-state index contributed by atoms with van der Waals surface area (Å²) in [4.78, 5) is 28.6. The Morgan fingerprint density at radius 1 is 1.11 bits per heavy atom. The molecular weight excluding hydrogens is 384 g/mol. The molecule has 5 nitrogen and oxygen atoms in total. The van der Waals surface area contributed by atoms with Crippen LogP contribution in [0.2, 0.25) is 5.02 Å². The van der Waals surface area contributed by atoms with Gasteiger partial charge < -0.3 is 10.4 Å². The topological polar surface area (TPSA) is 79.3 Å². The van der Waals surface area contributed by atoms with Crippen molar-refractivity contribution in [1.29, 1.82) is 0 Å². The monoisotopic (exact) mass is 398 g/mol. The van der Waals surface area contributed by atoms with Crippen molar-refractivity contribution in [3.63, 3.8) is 0 Å². The third-order valence-electron chi connectivity index (χ3n) is 3.85. The number of amides is 1. The van der Waals surface area contributed by atoms with Gasteiger partial charge in [-0.05, 0) is 48.7 Å². The molecule has 27 heavy (non-hydrogen) atoms. The van der Waals surface area contributed by atoms with Crippen molar-refractivity contribution < 1.29 is 14.7 Å². The van der Waals surface area contributed by atoms with E-state index < -0.39 is 5.97 Å². The Kier molecular flexibility index (Phi) is 5.78. The second-order valence-electron chi connectivity index (χ2n) is 5.62. The highest BCUT2D eigenvalue weighted by Gasteiger charge is 2.12. The van der Waals surface area contributed by atoms with Gasteiger partial charge in [0.2, 0.25) is 0 Å². The summed E-state index contributed by atoms with van der Waals surface area (Å²) in [6.45, 7) is 0. The second-order valence-corrected chi connectivity index (χ2v) is 6.90. The number of thioether (sulfide) groups is 1. The van der Waals surface area contributed by atoms with Gasteiger partial charge in [-0.25, -0.2) is 4.79 Å². The van der Waals surface area contributed by atoms with Gasteiger partial charge in [-0.3, -0.25) is 9.78 Å². The largest absolute Gasteiger partial charge is 0.478 e. The lowest BCUT2D eigenvalue weighted by Gasteiger charge is -2.09. The number of carboxylic acids is 1. The van der Waals surface area contributed by atoms with Crippen molar-refractivity contribution in [3.8, 4) is 11.3 Å². The molecule has 136 valence electrons. The standard InChI is InChI=1S/C20H15ClN2O3S/c1-27-15-6-7-16(17(21)10-15)19(24)23-14-4-2-3-12(9-14)18-8-5-13(11-22-18)20(25)26/h2-11H,1H3,(H,23,24)(H,25,26). The van der Waals surface area contributed by atoms with Gasteiger partial charge in [-0.1, -0.05) is 23.7 Å². The van der Waals surface area contributed by atoms with Crippen molar-refractivity contribution >= 4 is 40.9 Å². The zero-order valence-electron chi connectivity index (χ0n) is 14.3. The molecule has 2 N–H and O–H groups in total. The summed E-state index contributed by atoms with van der Waals surface area (Å²) in [5.41, 5.74) is 2.47. The van der Waals surface area contributed by atoms with Gasteiger partial charge in [0.05, 0.1) is 21.8 Å². The molecule has 0 radical (unpaired) electrons. The molecule has 1 heterocycles. The minimum absolute atomic E-state index is 0.117. The average molecular weight is 399 g/mol. The maximum Gasteiger partial charge on any atom is 0.337 e. The lowest BCUT2D eigenvalue weighted by molar-refractivity contribution is 0.0696. The first-order valence-corrected chi connectivity index (χ1v) is 9.53. The van der Waals surface area contributed by atoms with Gasteiger partial charge in [0.25, 0.3) is 5.91 Å². The molecule has 1 aromatic heterocycles. The first-order valence-electron chi connectivity index (χ1n) is 7.92. The lowest BCUT2D eigenvalue weighted by Crippen LogP contribution is -2.12. The number of carbonyl (C=O) groups is 2. The first kappa shape index (κ1) is 18.9. The van der Waals surface area contributed by atoms with Gasteiger partial charge in [-0.15, -0.1) is 11.8 Å². The molecule has 0 saturated carbocycles. The molecule has 3 aromatic rings. The summed E-state index contributed by atoms with van der Waals surface area (Å²) in [5, 5.41) is 12.2. The Labute approximate surface area is 165 Å². The number of halogens is 1. The van der Waals surface area contributed by atoms with Crippen LogP contribution in [0.15, 0.2) is 65.7 Å². The average Bonchev–Trinajstić information content (AvgIpc) is 2.68. The van der Waals surface area contributed by atoms with E-state index in [9.17, 15) is 9.59 Å². The van der Waals surface area contributed by atoms with Crippen molar-refractivity contribution in [2.75, 3.05) is 11.6 Å². The maximum absolute atomic E-state index is 12.5. The predicted molar refractivity (Wildman–Crippen MR) is 108 cm³/mol. The van der Waals surface area contributed by atoms with Crippen molar-refractivity contribution in [2.24, 2.45) is 0 Å². The van der Waals surface area contributed by atoms with Crippen LogP contribution in [0.25, 0.3) is 11.3 Å². The Hall–Kier alpha value is -2.83. The number of carboxylic acid groups (broad SMARTS) is 1. The summed E-state index contributed by atoms with van der Waals surface area (Å²) in [5.74, 6) is -1.33. The summed E-state index contributed by atoms with van der Waals surface area (Å²) >= 11 is 7.75. The molecule has 2 aromatic carbocycles. The Morgan fingerprint density at radius 2 is 1.93 bits per heavy atom. The molecule has 0 aliphatic rings. The quantitative estimate of drug-likeness (QED) is 0.586. The Morgan fingerprint density at radius 3 is 2.56 bits per heavy atom. The molecule has 0 atom stereocenters. The number of hydrogen-bond donors (Lipinski definition) is 2. The van der Waals surface area contributed by atoms with Crippen LogP contribution in [0.3, 0.4) is 0 Å². The fraction of sp³-hybridized carbons (Fsp3) is 0.0500. The minimum atomic E-state index is -1.03. The van der Waals surface area contributed by atoms with E-state index in [0.717, 1.165) is 10.5 Å². The third kappa shape index (κ3) is 4.48. The van der Waals surface area contributed by atoms with E-state index in [1.54, 1.807) is 48.2 Å². The number of anilines is 1. The Bertz CT molecular complexity index is 1010. The van der Waals surface area contributed by atoms with E-state index in [1.807, 2.05) is 18.4 Å². The molecule has 0 saturated heterocycles. The predicted octanol–water partition coefficient (Wildman–Crippen LogP) is 5.07. The summed E-state index contributed by atoms with van der Waals surface area (Å²) < 4.78 is 0. The molecular formula is C20H15ClN2O3S. The van der Waals surface area contributed by atoms with Gasteiger partial charge >= 0.3 is 5.97 Å². The number of nitrogens with one attached hydrogen (secondary N) is 1. The van der Waals surface area contributed by atoms with Crippen LogP contribution >= 0.6 is 23.4 Å². The van der Waals surface area contributed by atoms with E-state index >= 15 is 0 Å². The molecule has 1 amide bonds. The molecule has 0 aliphatic carbocycles. The van der Waals surface area contributed by atoms with E-state index in [2.05, 4.69) is 10.3 Å². The SMILES string of the molecule is CSc1ccc(C(=O)Nc2cccc(-c3ccc(C(=O)O)cn3)c2)c(Cl)c1. The number of benzene rings is 2. The van der Waals surface area contributed by atoms with Gasteiger partial charge in [0.1, 0.15) is 0 Å². The molecule has 0 unspecified atom stereocenters. The van der Waals surface area contributed by atoms with Crippen LogP contribution in [-0.2, 0) is 0 Å². The first-order chi connectivity index (χ1) is 13.0. The van der Waals surface area contributed by atoms with Crippen LogP contribution in [-0.4, -0.2) is 28.2 Å². The fourth-order valence-electron chi connectivity index (χ4n) is 2.45. The molecule has 7 heteroatoms. The smallest absolute Gasteiger partial charge is 0.337 e. The Balaban J connectivity index is 1.81. The highest BCUT2D eigenvalue weighted by molar-refractivity contribution is 7.98. The molecule has 0 fully saturated rings. The van der Waals surface area contributed by atoms with Gasteiger partial charge in [-0.2, -0.15) is 0 Å². The summed E-state index contributed by atoms with van der Waals surface area (Å²) in [6.07, 6.45) is 3.24. The van der Waals surface area contributed by atoms with Crippen molar-refractivity contribution in [1.82, 2.24) is 4.98 Å². The zero-order valence-corrected chi connectivity index (χ0v) is 15.8. The van der Waals surface area contributed by atoms with Crippen LogP contribution in [0.5, 0.6) is 0 Å². The van der Waals surface area contributed by atoms with Gasteiger partial charge in [0.15, 0.2) is 0 Å². The third-order valence-corrected chi connectivity index (χ3v) is 4.89. The second kappa shape index (κ2) is 8.24. The van der Waals surface area contributed by atoms with Crippen LogP contribution < -0.4 is 5.32 Å². The highest BCUT2D eigenvalue weighted by atomic mass is 35.5. The number of pyridine rings is 1. The van der Waals surface area contributed by atoms with Crippen molar-refractivity contribution in [2.45, 2.75) is 4.90 Å². The number of aromatic carboxylic acids is 1. The van der Waals surface area contributed by atoms with E-state index in [0.29, 0.717) is 22.0 Å². The summed E-state index contributed by atoms with van der Waals surface area (Å²) in [7, 11) is 0. The van der Waals surface area contributed by atoms with E-state index in [1.165, 1.54) is 12.3 Å². The van der Waals surface area contributed by atoms with Crippen LogP contribution in [0.4, 0.5) is 5.69 Å². The van der Waals surface area contributed by atoms with E-state index in [-0.39, 0.29) is 11.5 Å². The number of carbonyl (C=O) groups excluding carboxylic acids is 1. The van der Waals surface area contributed by atoms with Crippen molar-refractivity contribution in [3.05, 3.63) is 76.9 Å². The van der Waals surface area contributed by atoms with E-state index in [4.69, 9.17) is 16.7 Å². The van der Waals surface area contributed by atoms with Crippen LogP contribution in [0.1, 0.15) is 20.7 Å². The molecule has 3 rings (SSSR count). The molecule has 0 aliphatic heterocycles. The number of nitrogens with zero attached hydrogens (tertiary/aromatic N) is 1. The zero-order chi connectivity index (χ0) is 19.4. The number of rotatable bonds is 5. The molecule has 0 spiro atoms. The normalized spacial score (nSPS) is 10.4. The maximum atomic E-state index is 12.5.